The van der Waals surface area contributed by atoms with Crippen molar-refractivity contribution < 1.29 is 14.3 Å². The van der Waals surface area contributed by atoms with Crippen molar-refractivity contribution in [1.82, 2.24) is 5.32 Å². The van der Waals surface area contributed by atoms with E-state index in [9.17, 15) is 9.59 Å². The van der Waals surface area contributed by atoms with Gasteiger partial charge in [0.15, 0.2) is 0 Å². The van der Waals surface area contributed by atoms with Crippen molar-refractivity contribution in [3.05, 3.63) is 64.2 Å². The van der Waals surface area contributed by atoms with E-state index in [1.807, 2.05) is 31.2 Å². The number of hydrogen-bond acceptors (Lipinski definition) is 3. The number of fused-ring (bicyclic) bond motifs is 1. The van der Waals surface area contributed by atoms with E-state index in [4.69, 9.17) is 16.3 Å². The molecule has 2 N–H and O–H groups in total. The second kappa shape index (κ2) is 9.02. The molecule has 0 saturated heterocycles. The van der Waals surface area contributed by atoms with Crippen LogP contribution in [0.25, 0.3) is 0 Å². The van der Waals surface area contributed by atoms with Gasteiger partial charge in [0.1, 0.15) is 6.10 Å². The Morgan fingerprint density at radius 3 is 2.74 bits per heavy atom. The number of ether oxygens (including phenoxy) is 1. The topological polar surface area (TPSA) is 67.4 Å². The first kappa shape index (κ1) is 19.4. The van der Waals surface area contributed by atoms with Gasteiger partial charge in [-0.05, 0) is 42.2 Å². The SMILES string of the molecule is Cc1ccc(NC(=O)CCC(=O)NC[C@H]2OCCc3ccccc32)cc1Cl. The Labute approximate surface area is 164 Å². The van der Waals surface area contributed by atoms with Gasteiger partial charge in [-0.25, -0.2) is 0 Å². The van der Waals surface area contributed by atoms with Gasteiger partial charge in [-0.2, -0.15) is 0 Å². The smallest absolute Gasteiger partial charge is 0.224 e. The molecule has 2 aromatic carbocycles. The average molecular weight is 387 g/mol. The number of rotatable bonds is 6. The van der Waals surface area contributed by atoms with Gasteiger partial charge in [-0.15, -0.1) is 0 Å². The molecule has 0 saturated carbocycles. The van der Waals surface area contributed by atoms with Gasteiger partial charge in [-0.1, -0.05) is 41.9 Å². The van der Waals surface area contributed by atoms with Gasteiger partial charge in [-0.3, -0.25) is 9.59 Å². The normalized spacial score (nSPS) is 15.7. The van der Waals surface area contributed by atoms with E-state index in [1.165, 1.54) is 5.56 Å². The number of benzene rings is 2. The van der Waals surface area contributed by atoms with Gasteiger partial charge in [0, 0.05) is 30.1 Å². The van der Waals surface area contributed by atoms with Crippen LogP contribution in [-0.4, -0.2) is 25.0 Å². The van der Waals surface area contributed by atoms with Crippen LogP contribution in [0.1, 0.15) is 35.6 Å². The zero-order chi connectivity index (χ0) is 19.2. The van der Waals surface area contributed by atoms with Crippen LogP contribution < -0.4 is 10.6 Å². The van der Waals surface area contributed by atoms with Crippen molar-refractivity contribution in [2.24, 2.45) is 0 Å². The number of hydrogen-bond donors (Lipinski definition) is 2. The summed E-state index contributed by atoms with van der Waals surface area (Å²) in [4.78, 5) is 24.1. The Balaban J connectivity index is 1.43. The fraction of sp³-hybridized carbons (Fsp3) is 0.333. The molecule has 2 aromatic rings. The highest BCUT2D eigenvalue weighted by molar-refractivity contribution is 6.31. The average Bonchev–Trinajstić information content (AvgIpc) is 2.67. The van der Waals surface area contributed by atoms with Crippen LogP contribution >= 0.6 is 11.6 Å². The van der Waals surface area contributed by atoms with Crippen LogP contribution in [0.15, 0.2) is 42.5 Å². The van der Waals surface area contributed by atoms with E-state index in [2.05, 4.69) is 16.7 Å². The van der Waals surface area contributed by atoms with Crippen LogP contribution in [0, 0.1) is 6.92 Å². The maximum Gasteiger partial charge on any atom is 0.224 e. The van der Waals surface area contributed by atoms with E-state index in [-0.39, 0.29) is 30.8 Å². The molecule has 1 atom stereocenters. The Bertz CT molecular complexity index is 838. The monoisotopic (exact) mass is 386 g/mol. The molecule has 1 aliphatic rings. The van der Waals surface area contributed by atoms with E-state index < -0.39 is 0 Å². The number of nitrogens with one attached hydrogen (secondary N) is 2. The molecular weight excluding hydrogens is 364 g/mol. The van der Waals surface area contributed by atoms with E-state index in [1.54, 1.807) is 12.1 Å². The Kier molecular flexibility index (Phi) is 6.48. The fourth-order valence-electron chi connectivity index (χ4n) is 3.06. The number of amides is 2. The van der Waals surface area contributed by atoms with Crippen LogP contribution in [0.3, 0.4) is 0 Å². The number of carbonyl (C=O) groups is 2. The number of aryl methyl sites for hydroxylation is 1. The van der Waals surface area contributed by atoms with Crippen molar-refractivity contribution in [1.29, 1.82) is 0 Å². The molecule has 5 nitrogen and oxygen atoms in total. The summed E-state index contributed by atoms with van der Waals surface area (Å²) < 4.78 is 5.77. The molecule has 2 amide bonds. The van der Waals surface area contributed by atoms with E-state index in [0.717, 1.165) is 17.5 Å². The second-order valence-corrected chi connectivity index (χ2v) is 7.03. The molecule has 142 valence electrons. The van der Waals surface area contributed by atoms with Crippen molar-refractivity contribution in [2.75, 3.05) is 18.5 Å². The molecule has 0 fully saturated rings. The molecule has 0 unspecified atom stereocenters. The molecular formula is C21H23ClN2O3. The summed E-state index contributed by atoms with van der Waals surface area (Å²) in [5.41, 5.74) is 3.96. The van der Waals surface area contributed by atoms with Crippen molar-refractivity contribution in [3.8, 4) is 0 Å². The lowest BCUT2D eigenvalue weighted by Crippen LogP contribution is -2.32. The first-order valence-corrected chi connectivity index (χ1v) is 9.43. The summed E-state index contributed by atoms with van der Waals surface area (Å²) in [5, 5.41) is 6.22. The van der Waals surface area contributed by atoms with Gasteiger partial charge >= 0.3 is 0 Å². The number of halogens is 1. The predicted molar refractivity (Wildman–Crippen MR) is 106 cm³/mol. The second-order valence-electron chi connectivity index (χ2n) is 6.62. The third-order valence-corrected chi connectivity index (χ3v) is 5.02. The lowest BCUT2D eigenvalue weighted by atomic mass is 9.97. The molecule has 0 spiro atoms. The van der Waals surface area contributed by atoms with E-state index in [0.29, 0.717) is 23.9 Å². The van der Waals surface area contributed by atoms with Crippen molar-refractivity contribution in [3.63, 3.8) is 0 Å². The van der Waals surface area contributed by atoms with Gasteiger partial charge in [0.25, 0.3) is 0 Å². The molecule has 27 heavy (non-hydrogen) atoms. The molecule has 0 aromatic heterocycles. The maximum atomic E-state index is 12.1. The van der Waals surface area contributed by atoms with Gasteiger partial charge < -0.3 is 15.4 Å². The molecule has 0 radical (unpaired) electrons. The van der Waals surface area contributed by atoms with Crippen LogP contribution in [0.5, 0.6) is 0 Å². The standard InChI is InChI=1S/C21H23ClN2O3/c1-14-6-7-16(12-18(14)22)24-21(26)9-8-20(25)23-13-19-17-5-3-2-4-15(17)10-11-27-19/h2-7,12,19H,8-11,13H2,1H3,(H,23,25)(H,24,26)/t19-/m1/s1. The summed E-state index contributed by atoms with van der Waals surface area (Å²) in [6, 6.07) is 13.4. The Hall–Kier alpha value is -2.37. The maximum absolute atomic E-state index is 12.1. The minimum absolute atomic E-state index is 0.111. The zero-order valence-electron chi connectivity index (χ0n) is 15.3. The van der Waals surface area contributed by atoms with Crippen molar-refractivity contribution >= 4 is 29.1 Å². The number of anilines is 1. The summed E-state index contributed by atoms with van der Waals surface area (Å²) >= 11 is 6.05. The third-order valence-electron chi connectivity index (χ3n) is 4.61. The van der Waals surface area contributed by atoms with Crippen LogP contribution in [-0.2, 0) is 20.7 Å². The van der Waals surface area contributed by atoms with Crippen molar-refractivity contribution in [2.45, 2.75) is 32.3 Å². The van der Waals surface area contributed by atoms with E-state index >= 15 is 0 Å². The summed E-state index contributed by atoms with van der Waals surface area (Å²) in [7, 11) is 0. The molecule has 6 heteroatoms. The minimum atomic E-state index is -0.218. The third kappa shape index (κ3) is 5.31. The minimum Gasteiger partial charge on any atom is -0.371 e. The molecule has 0 aliphatic carbocycles. The summed E-state index contributed by atoms with van der Waals surface area (Å²) in [5.74, 6) is -0.386. The highest BCUT2D eigenvalue weighted by Gasteiger charge is 2.20. The van der Waals surface area contributed by atoms with Gasteiger partial charge in [0.05, 0.1) is 6.61 Å². The lowest BCUT2D eigenvalue weighted by Gasteiger charge is -2.26. The first-order chi connectivity index (χ1) is 13.0. The van der Waals surface area contributed by atoms with Crippen LogP contribution in [0.2, 0.25) is 5.02 Å². The lowest BCUT2D eigenvalue weighted by molar-refractivity contribution is -0.124. The molecule has 3 rings (SSSR count). The summed E-state index contributed by atoms with van der Waals surface area (Å²) in [6.45, 7) is 2.96. The Morgan fingerprint density at radius 2 is 1.93 bits per heavy atom. The number of carbonyl (C=O) groups excluding carboxylic acids is 2. The van der Waals surface area contributed by atoms with Gasteiger partial charge in [0.2, 0.25) is 11.8 Å². The Morgan fingerprint density at radius 1 is 1.15 bits per heavy atom. The molecule has 1 aliphatic heterocycles. The predicted octanol–water partition coefficient (Wildman–Crippen LogP) is 3.80. The highest BCUT2D eigenvalue weighted by atomic mass is 35.5. The zero-order valence-corrected chi connectivity index (χ0v) is 16.0. The van der Waals surface area contributed by atoms with Crippen LogP contribution in [0.4, 0.5) is 5.69 Å². The molecule has 1 heterocycles. The largest absolute Gasteiger partial charge is 0.371 e. The molecule has 0 bridgehead atoms. The quantitative estimate of drug-likeness (QED) is 0.793. The first-order valence-electron chi connectivity index (χ1n) is 9.05. The fourth-order valence-corrected chi connectivity index (χ4v) is 3.24. The highest BCUT2D eigenvalue weighted by Crippen LogP contribution is 2.26. The summed E-state index contributed by atoms with van der Waals surface area (Å²) in [6.07, 6.45) is 0.991.